The number of hydrogen-bond acceptors (Lipinski definition) is 4. The van der Waals surface area contributed by atoms with E-state index in [1.54, 1.807) is 7.11 Å². The van der Waals surface area contributed by atoms with Crippen LogP contribution in [0.15, 0.2) is 18.2 Å². The van der Waals surface area contributed by atoms with Crippen molar-refractivity contribution in [1.82, 2.24) is 5.32 Å². The molecular weight excluding hydrogens is 282 g/mol. The third-order valence-electron chi connectivity index (χ3n) is 4.66. The van der Waals surface area contributed by atoms with Crippen LogP contribution in [0, 0.1) is 11.8 Å². The third kappa shape index (κ3) is 2.51. The van der Waals surface area contributed by atoms with Crippen LogP contribution in [0.25, 0.3) is 0 Å². The first kappa shape index (κ1) is 14.8. The van der Waals surface area contributed by atoms with E-state index < -0.39 is 5.92 Å². The van der Waals surface area contributed by atoms with Crippen LogP contribution >= 0.6 is 0 Å². The van der Waals surface area contributed by atoms with Crippen molar-refractivity contribution < 1.29 is 19.1 Å². The van der Waals surface area contributed by atoms with Crippen LogP contribution in [0.4, 0.5) is 0 Å². The summed E-state index contributed by atoms with van der Waals surface area (Å²) in [7, 11) is 1.60. The first-order valence-corrected chi connectivity index (χ1v) is 7.65. The standard InChI is InChI=1S/C17H19NO4/c1-22-14-7-3-6-11-10(14)4-2-5-12(16(11)20)13-8-9-15(19)18-17(13)21/h3,6-7,12-13H,2,4-5,8-9H2,1H3,(H,18,19,21). The topological polar surface area (TPSA) is 72.5 Å². The lowest BCUT2D eigenvalue weighted by Crippen LogP contribution is -2.45. The summed E-state index contributed by atoms with van der Waals surface area (Å²) in [6.45, 7) is 0. The summed E-state index contributed by atoms with van der Waals surface area (Å²) in [4.78, 5) is 36.3. The zero-order valence-electron chi connectivity index (χ0n) is 12.6. The molecule has 1 saturated heterocycles. The number of amides is 2. The molecule has 2 unspecified atom stereocenters. The van der Waals surface area contributed by atoms with E-state index in [9.17, 15) is 14.4 Å². The number of piperidine rings is 1. The average molecular weight is 301 g/mol. The van der Waals surface area contributed by atoms with Gasteiger partial charge in [0.15, 0.2) is 5.78 Å². The summed E-state index contributed by atoms with van der Waals surface area (Å²) >= 11 is 0. The minimum absolute atomic E-state index is 0.000832. The number of fused-ring (bicyclic) bond motifs is 1. The van der Waals surface area contributed by atoms with Gasteiger partial charge in [0, 0.05) is 29.4 Å². The van der Waals surface area contributed by atoms with Crippen LogP contribution in [-0.4, -0.2) is 24.7 Å². The SMILES string of the molecule is COc1cccc2c1CCCC(C1CCC(=O)NC1=O)C2=O. The number of ketones is 1. The van der Waals surface area contributed by atoms with E-state index >= 15 is 0 Å². The molecule has 0 saturated carbocycles. The van der Waals surface area contributed by atoms with Crippen molar-refractivity contribution in [3.63, 3.8) is 0 Å². The molecule has 0 bridgehead atoms. The molecule has 5 nitrogen and oxygen atoms in total. The fraction of sp³-hybridized carbons (Fsp3) is 0.471. The molecule has 0 aromatic heterocycles. The first-order valence-electron chi connectivity index (χ1n) is 7.65. The quantitative estimate of drug-likeness (QED) is 0.669. The first-order chi connectivity index (χ1) is 10.6. The molecule has 2 atom stereocenters. The van der Waals surface area contributed by atoms with Gasteiger partial charge in [-0.25, -0.2) is 0 Å². The number of rotatable bonds is 2. The average Bonchev–Trinajstić information content (AvgIpc) is 2.67. The molecule has 1 aromatic carbocycles. The Morgan fingerprint density at radius 2 is 1.91 bits per heavy atom. The molecule has 1 N–H and O–H groups in total. The second-order valence-corrected chi connectivity index (χ2v) is 5.91. The number of hydrogen-bond donors (Lipinski definition) is 1. The van der Waals surface area contributed by atoms with Gasteiger partial charge in [-0.05, 0) is 31.7 Å². The second-order valence-electron chi connectivity index (χ2n) is 5.91. The molecule has 2 amide bonds. The zero-order chi connectivity index (χ0) is 15.7. The van der Waals surface area contributed by atoms with Crippen molar-refractivity contribution in [2.75, 3.05) is 7.11 Å². The third-order valence-corrected chi connectivity index (χ3v) is 4.66. The summed E-state index contributed by atoms with van der Waals surface area (Å²) in [5.41, 5.74) is 1.59. The Kier molecular flexibility index (Phi) is 3.96. The van der Waals surface area contributed by atoms with Gasteiger partial charge in [-0.15, -0.1) is 0 Å². The highest BCUT2D eigenvalue weighted by Crippen LogP contribution is 2.36. The highest BCUT2D eigenvalue weighted by Gasteiger charge is 2.39. The zero-order valence-corrected chi connectivity index (χ0v) is 12.6. The van der Waals surface area contributed by atoms with E-state index in [2.05, 4.69) is 5.32 Å². The van der Waals surface area contributed by atoms with Gasteiger partial charge in [-0.2, -0.15) is 0 Å². The number of carbonyl (C=O) groups is 3. The van der Waals surface area contributed by atoms with Gasteiger partial charge < -0.3 is 4.74 Å². The maximum absolute atomic E-state index is 12.9. The highest BCUT2D eigenvalue weighted by molar-refractivity contribution is 6.05. The summed E-state index contributed by atoms with van der Waals surface area (Å²) in [5.74, 6) is -0.565. The Hall–Kier alpha value is -2.17. The van der Waals surface area contributed by atoms with E-state index in [1.165, 1.54) is 0 Å². The van der Waals surface area contributed by atoms with Gasteiger partial charge in [0.05, 0.1) is 7.11 Å². The van der Waals surface area contributed by atoms with Crippen LogP contribution in [-0.2, 0) is 16.0 Å². The maximum atomic E-state index is 12.9. The molecule has 2 aliphatic rings. The molecule has 1 aromatic rings. The fourth-order valence-corrected chi connectivity index (χ4v) is 3.55. The molecule has 1 aliphatic heterocycles. The minimum Gasteiger partial charge on any atom is -0.496 e. The largest absolute Gasteiger partial charge is 0.496 e. The lowest BCUT2D eigenvalue weighted by molar-refractivity contribution is -0.137. The Balaban J connectivity index is 1.93. The van der Waals surface area contributed by atoms with E-state index in [1.807, 2.05) is 18.2 Å². The van der Waals surface area contributed by atoms with Gasteiger partial charge >= 0.3 is 0 Å². The number of methoxy groups -OCH3 is 1. The summed E-state index contributed by atoms with van der Waals surface area (Å²) < 4.78 is 5.36. The molecule has 3 rings (SSSR count). The monoisotopic (exact) mass is 301 g/mol. The fourth-order valence-electron chi connectivity index (χ4n) is 3.55. The van der Waals surface area contributed by atoms with Crippen LogP contribution in [0.3, 0.4) is 0 Å². The van der Waals surface area contributed by atoms with Gasteiger partial charge in [0.1, 0.15) is 5.75 Å². The number of ether oxygens (including phenoxy) is 1. The lowest BCUT2D eigenvalue weighted by atomic mass is 9.79. The molecule has 1 aliphatic carbocycles. The van der Waals surface area contributed by atoms with Gasteiger partial charge in [0.2, 0.25) is 11.8 Å². The van der Waals surface area contributed by atoms with Crippen molar-refractivity contribution in [1.29, 1.82) is 0 Å². The summed E-state index contributed by atoms with van der Waals surface area (Å²) in [5, 5.41) is 2.36. The molecular formula is C17H19NO4. The Bertz CT molecular complexity index is 638. The van der Waals surface area contributed by atoms with Crippen molar-refractivity contribution in [3.8, 4) is 5.75 Å². The molecule has 1 fully saturated rings. The predicted octanol–water partition coefficient (Wildman–Crippen LogP) is 1.88. The number of imide groups is 1. The van der Waals surface area contributed by atoms with Gasteiger partial charge in [-0.3, -0.25) is 19.7 Å². The van der Waals surface area contributed by atoms with E-state index in [0.717, 1.165) is 24.2 Å². The number of nitrogens with one attached hydrogen (secondary N) is 1. The second kappa shape index (κ2) is 5.91. The molecule has 0 spiro atoms. The van der Waals surface area contributed by atoms with Crippen molar-refractivity contribution in [3.05, 3.63) is 29.3 Å². The van der Waals surface area contributed by atoms with Crippen LogP contribution in [0.5, 0.6) is 5.75 Å². The van der Waals surface area contributed by atoms with Crippen LogP contribution in [0.2, 0.25) is 0 Å². The predicted molar refractivity (Wildman–Crippen MR) is 79.6 cm³/mol. The molecule has 1 heterocycles. The Morgan fingerprint density at radius 3 is 2.64 bits per heavy atom. The van der Waals surface area contributed by atoms with Gasteiger partial charge in [-0.1, -0.05) is 12.1 Å². The smallest absolute Gasteiger partial charge is 0.230 e. The van der Waals surface area contributed by atoms with E-state index in [4.69, 9.17) is 4.74 Å². The van der Waals surface area contributed by atoms with Crippen LogP contribution in [0.1, 0.15) is 41.6 Å². The number of Topliss-reactive ketones (excluding diaryl/α,β-unsaturated/α-hetero) is 1. The number of carbonyl (C=O) groups excluding carboxylic acids is 3. The van der Waals surface area contributed by atoms with E-state index in [-0.39, 0.29) is 23.5 Å². The normalized spacial score (nSPS) is 25.2. The van der Waals surface area contributed by atoms with Crippen molar-refractivity contribution in [2.24, 2.45) is 11.8 Å². The van der Waals surface area contributed by atoms with Crippen LogP contribution < -0.4 is 10.1 Å². The number of benzene rings is 1. The van der Waals surface area contributed by atoms with Crippen molar-refractivity contribution in [2.45, 2.75) is 32.1 Å². The highest BCUT2D eigenvalue weighted by atomic mass is 16.5. The molecule has 5 heteroatoms. The minimum atomic E-state index is -0.401. The summed E-state index contributed by atoms with van der Waals surface area (Å²) in [6.07, 6.45) is 3.05. The molecule has 22 heavy (non-hydrogen) atoms. The van der Waals surface area contributed by atoms with E-state index in [0.29, 0.717) is 24.8 Å². The Morgan fingerprint density at radius 1 is 1.09 bits per heavy atom. The Labute approximate surface area is 129 Å². The molecule has 116 valence electrons. The summed E-state index contributed by atoms with van der Waals surface area (Å²) in [6, 6.07) is 5.48. The van der Waals surface area contributed by atoms with Gasteiger partial charge in [0.25, 0.3) is 0 Å². The lowest BCUT2D eigenvalue weighted by Gasteiger charge is -2.27. The maximum Gasteiger partial charge on any atom is 0.230 e. The molecule has 0 radical (unpaired) electrons. The van der Waals surface area contributed by atoms with Crippen molar-refractivity contribution >= 4 is 17.6 Å².